The molecule has 1 amide bonds. The Hall–Kier alpha value is -2.69. The van der Waals surface area contributed by atoms with Crippen molar-refractivity contribution in [3.05, 3.63) is 71.0 Å². The van der Waals surface area contributed by atoms with E-state index in [2.05, 4.69) is 9.99 Å². The number of amides is 1. The van der Waals surface area contributed by atoms with Crippen molar-refractivity contribution in [2.45, 2.75) is 25.4 Å². The SMILES string of the molecule is CO/N=C/c1ccc(C(=O)N(Cc2ccccc2F)C2CC2)cc1. The summed E-state index contributed by atoms with van der Waals surface area (Å²) >= 11 is 0. The summed E-state index contributed by atoms with van der Waals surface area (Å²) in [7, 11) is 1.48. The molecule has 3 rings (SSSR count). The van der Waals surface area contributed by atoms with Crippen molar-refractivity contribution in [3.63, 3.8) is 0 Å². The number of rotatable bonds is 6. The third-order valence-corrected chi connectivity index (χ3v) is 4.01. The van der Waals surface area contributed by atoms with Gasteiger partial charge in [0.2, 0.25) is 0 Å². The lowest BCUT2D eigenvalue weighted by Crippen LogP contribution is -2.32. The van der Waals surface area contributed by atoms with Gasteiger partial charge in [-0.3, -0.25) is 4.79 Å². The van der Waals surface area contributed by atoms with Crippen molar-refractivity contribution in [2.24, 2.45) is 5.16 Å². The Balaban J connectivity index is 1.77. The van der Waals surface area contributed by atoms with Gasteiger partial charge in [-0.05, 0) is 36.6 Å². The molecule has 0 heterocycles. The highest BCUT2D eigenvalue weighted by Gasteiger charge is 2.33. The Bertz CT molecular complexity index is 739. The molecule has 4 nitrogen and oxygen atoms in total. The summed E-state index contributed by atoms with van der Waals surface area (Å²) in [5, 5.41) is 3.69. The summed E-state index contributed by atoms with van der Waals surface area (Å²) < 4.78 is 13.9. The van der Waals surface area contributed by atoms with Crippen LogP contribution in [0.15, 0.2) is 53.7 Å². The van der Waals surface area contributed by atoms with E-state index in [4.69, 9.17) is 0 Å². The molecule has 1 saturated carbocycles. The Morgan fingerprint density at radius 2 is 1.96 bits per heavy atom. The van der Waals surface area contributed by atoms with E-state index in [0.29, 0.717) is 17.7 Å². The van der Waals surface area contributed by atoms with Gasteiger partial charge in [0.1, 0.15) is 12.9 Å². The van der Waals surface area contributed by atoms with Crippen LogP contribution in [0.3, 0.4) is 0 Å². The smallest absolute Gasteiger partial charge is 0.254 e. The third-order valence-electron chi connectivity index (χ3n) is 4.01. The largest absolute Gasteiger partial charge is 0.399 e. The van der Waals surface area contributed by atoms with Crippen molar-refractivity contribution >= 4 is 12.1 Å². The number of carbonyl (C=O) groups is 1. The molecule has 1 fully saturated rings. The Labute approximate surface area is 140 Å². The van der Waals surface area contributed by atoms with Crippen LogP contribution in [-0.4, -0.2) is 30.2 Å². The molecule has 0 bridgehead atoms. The zero-order chi connectivity index (χ0) is 16.9. The van der Waals surface area contributed by atoms with E-state index < -0.39 is 0 Å². The molecule has 0 aliphatic heterocycles. The minimum absolute atomic E-state index is 0.0732. The van der Waals surface area contributed by atoms with Crippen molar-refractivity contribution in [1.29, 1.82) is 0 Å². The monoisotopic (exact) mass is 326 g/mol. The number of carbonyl (C=O) groups excluding carboxylic acids is 1. The van der Waals surface area contributed by atoms with Gasteiger partial charge in [0.25, 0.3) is 5.91 Å². The van der Waals surface area contributed by atoms with Gasteiger partial charge in [0.05, 0.1) is 6.21 Å². The molecule has 0 aromatic heterocycles. The molecule has 0 unspecified atom stereocenters. The maximum atomic E-state index is 13.9. The van der Waals surface area contributed by atoms with Gasteiger partial charge in [0.15, 0.2) is 0 Å². The average Bonchev–Trinajstić information content (AvgIpc) is 3.44. The van der Waals surface area contributed by atoms with Gasteiger partial charge in [-0.25, -0.2) is 4.39 Å². The van der Waals surface area contributed by atoms with Gasteiger partial charge in [0, 0.05) is 23.7 Å². The number of nitrogens with zero attached hydrogens (tertiary/aromatic N) is 2. The number of hydrogen-bond acceptors (Lipinski definition) is 3. The van der Waals surface area contributed by atoms with E-state index in [9.17, 15) is 9.18 Å². The second-order valence-corrected chi connectivity index (χ2v) is 5.79. The first-order valence-corrected chi connectivity index (χ1v) is 7.90. The standard InChI is InChI=1S/C19H19FN2O2/c1-24-21-12-14-6-8-15(9-7-14)19(23)22(17-10-11-17)13-16-4-2-3-5-18(16)20/h2-9,12,17H,10-11,13H2,1H3/b21-12+. The summed E-state index contributed by atoms with van der Waals surface area (Å²) in [5.74, 6) is -0.349. The van der Waals surface area contributed by atoms with E-state index in [1.54, 1.807) is 41.4 Å². The second kappa shape index (κ2) is 7.25. The maximum Gasteiger partial charge on any atom is 0.254 e. The molecule has 0 saturated heterocycles. The fourth-order valence-corrected chi connectivity index (χ4v) is 2.55. The molecular formula is C19H19FN2O2. The molecule has 0 atom stereocenters. The van der Waals surface area contributed by atoms with Crippen LogP contribution < -0.4 is 0 Å². The number of benzene rings is 2. The number of hydrogen-bond donors (Lipinski definition) is 0. The fourth-order valence-electron chi connectivity index (χ4n) is 2.55. The summed E-state index contributed by atoms with van der Waals surface area (Å²) in [5.41, 5.74) is 1.98. The van der Waals surface area contributed by atoms with Crippen LogP contribution >= 0.6 is 0 Å². The second-order valence-electron chi connectivity index (χ2n) is 5.79. The lowest BCUT2D eigenvalue weighted by molar-refractivity contribution is 0.0728. The molecule has 1 aliphatic rings. The minimum Gasteiger partial charge on any atom is -0.399 e. The zero-order valence-electron chi connectivity index (χ0n) is 13.5. The first kappa shape index (κ1) is 16.2. The van der Waals surface area contributed by atoms with Crippen LogP contribution in [0, 0.1) is 5.82 Å². The van der Waals surface area contributed by atoms with Gasteiger partial charge in [-0.2, -0.15) is 0 Å². The predicted octanol–water partition coefficient (Wildman–Crippen LogP) is 3.61. The summed E-state index contributed by atoms with van der Waals surface area (Å²) in [4.78, 5) is 19.2. The molecule has 0 spiro atoms. The van der Waals surface area contributed by atoms with Gasteiger partial charge >= 0.3 is 0 Å². The van der Waals surface area contributed by atoms with Crippen molar-refractivity contribution < 1.29 is 14.0 Å². The van der Waals surface area contributed by atoms with E-state index in [1.807, 2.05) is 12.1 Å². The molecule has 2 aromatic rings. The van der Waals surface area contributed by atoms with Gasteiger partial charge < -0.3 is 9.74 Å². The van der Waals surface area contributed by atoms with Crippen molar-refractivity contribution in [3.8, 4) is 0 Å². The van der Waals surface area contributed by atoms with E-state index in [-0.39, 0.29) is 17.8 Å². The molecule has 0 radical (unpaired) electrons. The molecule has 24 heavy (non-hydrogen) atoms. The van der Waals surface area contributed by atoms with Gasteiger partial charge in [-0.15, -0.1) is 0 Å². The van der Waals surface area contributed by atoms with Crippen LogP contribution in [0.5, 0.6) is 0 Å². The van der Waals surface area contributed by atoms with E-state index in [1.165, 1.54) is 13.2 Å². The van der Waals surface area contributed by atoms with Crippen LogP contribution in [0.25, 0.3) is 0 Å². The van der Waals surface area contributed by atoms with Crippen LogP contribution in [0.1, 0.15) is 34.3 Å². The topological polar surface area (TPSA) is 41.9 Å². The first-order chi connectivity index (χ1) is 11.7. The Kier molecular flexibility index (Phi) is 4.89. The number of oxime groups is 1. The fraction of sp³-hybridized carbons (Fsp3) is 0.263. The normalized spacial score (nSPS) is 13.9. The van der Waals surface area contributed by atoms with Crippen LogP contribution in [0.2, 0.25) is 0 Å². The first-order valence-electron chi connectivity index (χ1n) is 7.90. The summed E-state index contributed by atoms with van der Waals surface area (Å²) in [6.45, 7) is 0.295. The molecule has 5 heteroatoms. The molecule has 1 aliphatic carbocycles. The highest BCUT2D eigenvalue weighted by molar-refractivity contribution is 5.95. The van der Waals surface area contributed by atoms with Crippen LogP contribution in [0.4, 0.5) is 4.39 Å². The lowest BCUT2D eigenvalue weighted by atomic mass is 10.1. The summed E-state index contributed by atoms with van der Waals surface area (Å²) in [6.07, 6.45) is 3.52. The third kappa shape index (κ3) is 3.79. The molecule has 0 N–H and O–H groups in total. The maximum absolute atomic E-state index is 13.9. The van der Waals surface area contributed by atoms with Crippen molar-refractivity contribution in [1.82, 2.24) is 4.90 Å². The average molecular weight is 326 g/mol. The highest BCUT2D eigenvalue weighted by Crippen LogP contribution is 2.30. The highest BCUT2D eigenvalue weighted by atomic mass is 19.1. The molecule has 2 aromatic carbocycles. The van der Waals surface area contributed by atoms with Crippen LogP contribution in [-0.2, 0) is 11.4 Å². The molecular weight excluding hydrogens is 307 g/mol. The van der Waals surface area contributed by atoms with Crippen molar-refractivity contribution in [2.75, 3.05) is 7.11 Å². The zero-order valence-corrected chi connectivity index (χ0v) is 13.5. The minimum atomic E-state index is -0.276. The Morgan fingerprint density at radius 3 is 2.58 bits per heavy atom. The number of halogens is 1. The predicted molar refractivity (Wildman–Crippen MR) is 90.3 cm³/mol. The van der Waals surface area contributed by atoms with E-state index >= 15 is 0 Å². The van der Waals surface area contributed by atoms with Gasteiger partial charge in [-0.1, -0.05) is 35.5 Å². The summed E-state index contributed by atoms with van der Waals surface area (Å²) in [6, 6.07) is 13.9. The quantitative estimate of drug-likeness (QED) is 0.601. The Morgan fingerprint density at radius 1 is 1.25 bits per heavy atom. The van der Waals surface area contributed by atoms with E-state index in [0.717, 1.165) is 18.4 Å². The molecule has 124 valence electrons. The lowest BCUT2D eigenvalue weighted by Gasteiger charge is -2.23.